The molecular weight excluding hydrogens is 369 g/mol. The summed E-state index contributed by atoms with van der Waals surface area (Å²) in [7, 11) is 0. The minimum Gasteiger partial charge on any atom is -0.370 e. The van der Waals surface area contributed by atoms with Gasteiger partial charge in [0.05, 0.1) is 24.2 Å². The molecule has 138 valence electrons. The third-order valence-electron chi connectivity index (χ3n) is 4.55. The van der Waals surface area contributed by atoms with Crippen LogP contribution in [0.25, 0.3) is 5.69 Å². The van der Waals surface area contributed by atoms with E-state index in [1.807, 2.05) is 23.1 Å². The summed E-state index contributed by atoms with van der Waals surface area (Å²) in [4.78, 5) is 14.7. The van der Waals surface area contributed by atoms with Crippen LogP contribution in [0, 0.1) is 5.82 Å². The van der Waals surface area contributed by atoms with Crippen LogP contribution in [0.1, 0.15) is 11.7 Å². The van der Waals surface area contributed by atoms with Crippen LogP contribution in [0.5, 0.6) is 0 Å². The SMILES string of the molecule is O=c1c(Cl)c(N2CCO[C@@H](c3ccc(F)cc3)C2)cnn1-c1ccccc1. The molecule has 0 amide bonds. The number of anilines is 1. The van der Waals surface area contributed by atoms with Crippen molar-refractivity contribution in [3.8, 4) is 5.69 Å². The summed E-state index contributed by atoms with van der Waals surface area (Å²) in [6, 6.07) is 15.4. The van der Waals surface area contributed by atoms with Crippen LogP contribution >= 0.6 is 11.6 Å². The molecule has 27 heavy (non-hydrogen) atoms. The van der Waals surface area contributed by atoms with Crippen molar-refractivity contribution in [3.63, 3.8) is 0 Å². The Morgan fingerprint density at radius 3 is 2.59 bits per heavy atom. The van der Waals surface area contributed by atoms with Gasteiger partial charge in [-0.15, -0.1) is 0 Å². The van der Waals surface area contributed by atoms with Crippen LogP contribution in [-0.4, -0.2) is 29.5 Å². The standard InChI is InChI=1S/C20H17ClFN3O2/c21-19-17(12-23-25(20(19)26)16-4-2-1-3-5-16)24-10-11-27-18(13-24)14-6-8-15(22)9-7-14/h1-9,12,18H,10-11,13H2/t18-/m1/s1. The Kier molecular flexibility index (Phi) is 4.92. The van der Waals surface area contributed by atoms with E-state index in [9.17, 15) is 9.18 Å². The summed E-state index contributed by atoms with van der Waals surface area (Å²) in [5, 5.41) is 4.40. The highest BCUT2D eigenvalue weighted by atomic mass is 35.5. The predicted octanol–water partition coefficient (Wildman–Crippen LogP) is 3.60. The average Bonchev–Trinajstić information content (AvgIpc) is 2.71. The second-order valence-corrected chi connectivity index (χ2v) is 6.63. The van der Waals surface area contributed by atoms with Gasteiger partial charge in [-0.05, 0) is 29.8 Å². The molecule has 1 fully saturated rings. The van der Waals surface area contributed by atoms with Crippen molar-refractivity contribution in [1.29, 1.82) is 0 Å². The van der Waals surface area contributed by atoms with Gasteiger partial charge in [-0.2, -0.15) is 9.78 Å². The maximum absolute atomic E-state index is 13.2. The lowest BCUT2D eigenvalue weighted by Gasteiger charge is -2.34. The zero-order valence-corrected chi connectivity index (χ0v) is 15.1. The molecule has 1 saturated heterocycles. The number of morpholine rings is 1. The summed E-state index contributed by atoms with van der Waals surface area (Å²) in [6.45, 7) is 1.57. The molecule has 4 rings (SSSR count). The summed E-state index contributed by atoms with van der Waals surface area (Å²) in [6.07, 6.45) is 1.37. The van der Waals surface area contributed by atoms with Gasteiger partial charge in [0, 0.05) is 13.1 Å². The Hall–Kier alpha value is -2.70. The number of halogens is 2. The van der Waals surface area contributed by atoms with Crippen molar-refractivity contribution in [2.75, 3.05) is 24.6 Å². The average molecular weight is 386 g/mol. The predicted molar refractivity (Wildman–Crippen MR) is 102 cm³/mol. The number of aromatic nitrogens is 2. The van der Waals surface area contributed by atoms with Crippen LogP contribution in [-0.2, 0) is 4.74 Å². The van der Waals surface area contributed by atoms with Crippen LogP contribution in [0.3, 0.4) is 0 Å². The first-order valence-electron chi connectivity index (χ1n) is 8.59. The quantitative estimate of drug-likeness (QED) is 0.691. The molecule has 1 aliphatic heterocycles. The summed E-state index contributed by atoms with van der Waals surface area (Å²) in [5.74, 6) is -0.289. The highest BCUT2D eigenvalue weighted by Gasteiger charge is 2.25. The van der Waals surface area contributed by atoms with E-state index in [1.54, 1.807) is 30.5 Å². The second kappa shape index (κ2) is 7.50. The van der Waals surface area contributed by atoms with Gasteiger partial charge in [-0.3, -0.25) is 4.79 Å². The van der Waals surface area contributed by atoms with Crippen LogP contribution in [0.15, 0.2) is 65.6 Å². The molecule has 0 aliphatic carbocycles. The van der Waals surface area contributed by atoms with Crippen LogP contribution < -0.4 is 10.5 Å². The van der Waals surface area contributed by atoms with Crippen LogP contribution in [0.2, 0.25) is 5.02 Å². The van der Waals surface area contributed by atoms with E-state index in [0.717, 1.165) is 5.56 Å². The number of hydrogen-bond donors (Lipinski definition) is 0. The molecule has 0 bridgehead atoms. The van der Waals surface area contributed by atoms with Gasteiger partial charge < -0.3 is 9.64 Å². The molecule has 1 aromatic heterocycles. The Balaban J connectivity index is 1.62. The normalized spacial score (nSPS) is 17.1. The van der Waals surface area contributed by atoms with Crippen molar-refractivity contribution in [2.24, 2.45) is 0 Å². The molecule has 0 spiro atoms. The number of hydrogen-bond acceptors (Lipinski definition) is 4. The molecular formula is C20H17ClFN3O2. The molecule has 2 heterocycles. The Morgan fingerprint density at radius 1 is 1.11 bits per heavy atom. The summed E-state index contributed by atoms with van der Waals surface area (Å²) >= 11 is 6.39. The molecule has 1 atom stereocenters. The van der Waals surface area contributed by atoms with Gasteiger partial charge in [-0.1, -0.05) is 41.9 Å². The van der Waals surface area contributed by atoms with Crippen molar-refractivity contribution in [2.45, 2.75) is 6.10 Å². The molecule has 7 heteroatoms. The maximum Gasteiger partial charge on any atom is 0.292 e. The van der Waals surface area contributed by atoms with E-state index < -0.39 is 0 Å². The molecule has 2 aromatic carbocycles. The fraction of sp³-hybridized carbons (Fsp3) is 0.200. The summed E-state index contributed by atoms with van der Waals surface area (Å²) in [5.41, 5.74) is 1.74. The van der Waals surface area contributed by atoms with E-state index in [2.05, 4.69) is 5.10 Å². The number of rotatable bonds is 3. The van der Waals surface area contributed by atoms with Gasteiger partial charge in [0.2, 0.25) is 0 Å². The van der Waals surface area contributed by atoms with Crippen LogP contribution in [0.4, 0.5) is 10.1 Å². The molecule has 0 radical (unpaired) electrons. The highest BCUT2D eigenvalue weighted by Crippen LogP contribution is 2.29. The highest BCUT2D eigenvalue weighted by molar-refractivity contribution is 6.33. The smallest absolute Gasteiger partial charge is 0.292 e. The van der Waals surface area contributed by atoms with Crippen molar-refractivity contribution in [3.05, 3.63) is 87.6 Å². The van der Waals surface area contributed by atoms with E-state index in [4.69, 9.17) is 16.3 Å². The van der Waals surface area contributed by atoms with Crippen molar-refractivity contribution < 1.29 is 9.13 Å². The van der Waals surface area contributed by atoms with E-state index in [1.165, 1.54) is 16.8 Å². The number of benzene rings is 2. The van der Waals surface area contributed by atoms with Crippen molar-refractivity contribution >= 4 is 17.3 Å². The topological polar surface area (TPSA) is 47.4 Å². The third-order valence-corrected chi connectivity index (χ3v) is 4.91. The van der Waals surface area contributed by atoms with Gasteiger partial charge in [0.15, 0.2) is 0 Å². The van der Waals surface area contributed by atoms with E-state index in [0.29, 0.717) is 31.1 Å². The minimum atomic E-state index is -0.370. The summed E-state index contributed by atoms with van der Waals surface area (Å²) < 4.78 is 20.2. The zero-order chi connectivity index (χ0) is 18.8. The molecule has 0 saturated carbocycles. The number of para-hydroxylation sites is 1. The van der Waals surface area contributed by atoms with Gasteiger partial charge >= 0.3 is 0 Å². The second-order valence-electron chi connectivity index (χ2n) is 6.25. The lowest BCUT2D eigenvalue weighted by atomic mass is 10.1. The molecule has 5 nitrogen and oxygen atoms in total. The van der Waals surface area contributed by atoms with Crippen molar-refractivity contribution in [1.82, 2.24) is 9.78 Å². The Bertz CT molecular complexity index is 992. The lowest BCUT2D eigenvalue weighted by Crippen LogP contribution is -2.39. The monoisotopic (exact) mass is 385 g/mol. The third kappa shape index (κ3) is 3.59. The molecule has 0 unspecified atom stereocenters. The van der Waals surface area contributed by atoms with E-state index >= 15 is 0 Å². The number of nitrogens with zero attached hydrogens (tertiary/aromatic N) is 3. The van der Waals surface area contributed by atoms with E-state index in [-0.39, 0.29) is 22.5 Å². The molecule has 3 aromatic rings. The fourth-order valence-electron chi connectivity index (χ4n) is 3.14. The first-order chi connectivity index (χ1) is 13.1. The molecule has 1 aliphatic rings. The van der Waals surface area contributed by atoms with Gasteiger partial charge in [0.25, 0.3) is 5.56 Å². The number of ether oxygens (including phenoxy) is 1. The maximum atomic E-state index is 13.2. The fourth-order valence-corrected chi connectivity index (χ4v) is 3.39. The van der Waals surface area contributed by atoms with Gasteiger partial charge in [-0.25, -0.2) is 4.39 Å². The first-order valence-corrected chi connectivity index (χ1v) is 8.96. The first kappa shape index (κ1) is 17.7. The molecule has 0 N–H and O–H groups in total. The lowest BCUT2D eigenvalue weighted by molar-refractivity contribution is 0.0397. The Labute approximate surface area is 160 Å². The minimum absolute atomic E-state index is 0.119. The Morgan fingerprint density at radius 2 is 1.85 bits per heavy atom. The van der Waals surface area contributed by atoms with Gasteiger partial charge in [0.1, 0.15) is 16.9 Å². The largest absolute Gasteiger partial charge is 0.370 e. The zero-order valence-electron chi connectivity index (χ0n) is 14.4.